The van der Waals surface area contributed by atoms with E-state index in [-0.39, 0.29) is 12.7 Å². The highest BCUT2D eigenvalue weighted by Gasteiger charge is 2.24. The predicted octanol–water partition coefficient (Wildman–Crippen LogP) is 1.67. The van der Waals surface area contributed by atoms with Gasteiger partial charge in [-0.15, -0.1) is 0 Å². The molecule has 0 radical (unpaired) electrons. The topological polar surface area (TPSA) is 49.8 Å². The minimum atomic E-state index is -0.903. The molecule has 1 N–H and O–H groups in total. The third-order valence-corrected chi connectivity index (χ3v) is 3.04. The molecule has 4 nitrogen and oxygen atoms in total. The summed E-state index contributed by atoms with van der Waals surface area (Å²) in [5.74, 6) is -0.903. The maximum Gasteiger partial charge on any atom is 0.329 e. The molecular weight excluding hydrogens is 218 g/mol. The predicted molar refractivity (Wildman–Crippen MR) is 65.4 cm³/mol. The second kappa shape index (κ2) is 5.19. The van der Waals surface area contributed by atoms with Crippen LogP contribution in [0.15, 0.2) is 24.3 Å². The third-order valence-electron chi connectivity index (χ3n) is 3.04. The van der Waals surface area contributed by atoms with Gasteiger partial charge in [0.2, 0.25) is 0 Å². The Morgan fingerprint density at radius 2 is 2.29 bits per heavy atom. The van der Waals surface area contributed by atoms with Crippen LogP contribution in [0.25, 0.3) is 0 Å². The second-order valence-electron chi connectivity index (χ2n) is 4.35. The Morgan fingerprint density at radius 1 is 1.53 bits per heavy atom. The van der Waals surface area contributed by atoms with Crippen LogP contribution in [0.3, 0.4) is 0 Å². The SMILES string of the molecule is Cc1ccccc1N1CC[C@@H](OCC(=O)O)C1. The summed E-state index contributed by atoms with van der Waals surface area (Å²) in [5, 5.41) is 8.56. The zero-order chi connectivity index (χ0) is 12.3. The van der Waals surface area contributed by atoms with Crippen LogP contribution in [0.2, 0.25) is 0 Å². The Bertz CT molecular complexity index is 405. The molecule has 0 spiro atoms. The van der Waals surface area contributed by atoms with Crippen molar-refractivity contribution in [1.82, 2.24) is 0 Å². The largest absolute Gasteiger partial charge is 0.480 e. The number of carboxylic acid groups (broad SMARTS) is 1. The van der Waals surface area contributed by atoms with Crippen molar-refractivity contribution in [1.29, 1.82) is 0 Å². The highest BCUT2D eigenvalue weighted by atomic mass is 16.5. The lowest BCUT2D eigenvalue weighted by atomic mass is 10.2. The van der Waals surface area contributed by atoms with Crippen molar-refractivity contribution < 1.29 is 14.6 Å². The molecule has 1 atom stereocenters. The number of rotatable bonds is 4. The molecule has 0 aliphatic carbocycles. The summed E-state index contributed by atoms with van der Waals surface area (Å²) >= 11 is 0. The highest BCUT2D eigenvalue weighted by molar-refractivity contribution is 5.68. The van der Waals surface area contributed by atoms with Crippen LogP contribution in [0, 0.1) is 6.92 Å². The first kappa shape index (κ1) is 11.9. The Hall–Kier alpha value is -1.55. The summed E-state index contributed by atoms with van der Waals surface area (Å²) in [6, 6.07) is 8.22. The van der Waals surface area contributed by atoms with Gasteiger partial charge in [-0.25, -0.2) is 4.79 Å². The smallest absolute Gasteiger partial charge is 0.329 e. The van der Waals surface area contributed by atoms with Gasteiger partial charge in [0.05, 0.1) is 6.10 Å². The van der Waals surface area contributed by atoms with Gasteiger partial charge < -0.3 is 14.7 Å². The van der Waals surface area contributed by atoms with Crippen LogP contribution < -0.4 is 4.90 Å². The van der Waals surface area contributed by atoms with E-state index in [2.05, 4.69) is 24.0 Å². The molecule has 1 aliphatic rings. The maximum atomic E-state index is 10.4. The summed E-state index contributed by atoms with van der Waals surface area (Å²) in [5.41, 5.74) is 2.46. The van der Waals surface area contributed by atoms with Crippen molar-refractivity contribution >= 4 is 11.7 Å². The van der Waals surface area contributed by atoms with Crippen molar-refractivity contribution in [3.63, 3.8) is 0 Å². The van der Waals surface area contributed by atoms with Gasteiger partial charge >= 0.3 is 5.97 Å². The lowest BCUT2D eigenvalue weighted by Crippen LogP contribution is -2.25. The van der Waals surface area contributed by atoms with Crippen LogP contribution in [-0.2, 0) is 9.53 Å². The monoisotopic (exact) mass is 235 g/mol. The van der Waals surface area contributed by atoms with E-state index in [1.165, 1.54) is 11.3 Å². The van der Waals surface area contributed by atoms with Crippen LogP contribution in [0.5, 0.6) is 0 Å². The molecule has 0 amide bonds. The molecule has 92 valence electrons. The molecule has 2 rings (SSSR count). The maximum absolute atomic E-state index is 10.4. The normalized spacial score (nSPS) is 19.6. The molecule has 0 bridgehead atoms. The van der Waals surface area contributed by atoms with Gasteiger partial charge in [0.1, 0.15) is 6.61 Å². The van der Waals surface area contributed by atoms with Gasteiger partial charge in [-0.2, -0.15) is 0 Å². The zero-order valence-electron chi connectivity index (χ0n) is 9.93. The average Bonchev–Trinajstić information content (AvgIpc) is 2.75. The molecule has 1 fully saturated rings. The number of carbonyl (C=O) groups is 1. The molecule has 0 unspecified atom stereocenters. The van der Waals surface area contributed by atoms with Gasteiger partial charge in [-0.3, -0.25) is 0 Å². The number of para-hydroxylation sites is 1. The second-order valence-corrected chi connectivity index (χ2v) is 4.35. The molecule has 0 aromatic heterocycles. The molecular formula is C13H17NO3. The van der Waals surface area contributed by atoms with Crippen molar-refractivity contribution in [2.24, 2.45) is 0 Å². The van der Waals surface area contributed by atoms with Crippen molar-refractivity contribution in [2.75, 3.05) is 24.6 Å². The molecule has 1 aromatic carbocycles. The van der Waals surface area contributed by atoms with Gasteiger partial charge in [-0.05, 0) is 25.0 Å². The van der Waals surface area contributed by atoms with E-state index in [0.717, 1.165) is 19.5 Å². The fourth-order valence-corrected chi connectivity index (χ4v) is 2.19. The molecule has 1 aromatic rings. The van der Waals surface area contributed by atoms with E-state index in [4.69, 9.17) is 9.84 Å². The summed E-state index contributed by atoms with van der Waals surface area (Å²) in [7, 11) is 0. The fourth-order valence-electron chi connectivity index (χ4n) is 2.19. The number of hydrogen-bond donors (Lipinski definition) is 1. The van der Waals surface area contributed by atoms with Gasteiger partial charge in [0.25, 0.3) is 0 Å². The lowest BCUT2D eigenvalue weighted by molar-refractivity contribution is -0.143. The van der Waals surface area contributed by atoms with E-state index in [1.807, 2.05) is 12.1 Å². The molecule has 1 heterocycles. The third kappa shape index (κ3) is 2.97. The minimum absolute atomic E-state index is 0.0331. The Kier molecular flexibility index (Phi) is 3.64. The van der Waals surface area contributed by atoms with E-state index in [1.54, 1.807) is 0 Å². The summed E-state index contributed by atoms with van der Waals surface area (Å²) in [4.78, 5) is 12.7. The Labute approximate surface area is 101 Å². The van der Waals surface area contributed by atoms with E-state index in [0.29, 0.717) is 0 Å². The number of anilines is 1. The standard InChI is InChI=1S/C13H17NO3/c1-10-4-2-3-5-12(10)14-7-6-11(8-14)17-9-13(15)16/h2-5,11H,6-9H2,1H3,(H,15,16)/t11-/m1/s1. The van der Waals surface area contributed by atoms with E-state index in [9.17, 15) is 4.79 Å². The van der Waals surface area contributed by atoms with Crippen molar-refractivity contribution in [3.05, 3.63) is 29.8 Å². The zero-order valence-corrected chi connectivity index (χ0v) is 9.93. The number of aliphatic carboxylic acids is 1. The summed E-state index contributed by atoms with van der Waals surface area (Å²) in [6.45, 7) is 3.58. The quantitative estimate of drug-likeness (QED) is 0.862. The number of nitrogens with zero attached hydrogens (tertiary/aromatic N) is 1. The van der Waals surface area contributed by atoms with Crippen LogP contribution in [0.1, 0.15) is 12.0 Å². The molecule has 4 heteroatoms. The molecule has 0 saturated carbocycles. The van der Waals surface area contributed by atoms with Gasteiger partial charge in [-0.1, -0.05) is 18.2 Å². The molecule has 17 heavy (non-hydrogen) atoms. The molecule has 1 aliphatic heterocycles. The average molecular weight is 235 g/mol. The van der Waals surface area contributed by atoms with E-state index < -0.39 is 5.97 Å². The Balaban J connectivity index is 1.94. The van der Waals surface area contributed by atoms with Crippen LogP contribution >= 0.6 is 0 Å². The summed E-state index contributed by atoms with van der Waals surface area (Å²) < 4.78 is 5.31. The number of carboxylic acids is 1. The Morgan fingerprint density at radius 3 is 3.00 bits per heavy atom. The first-order chi connectivity index (χ1) is 8.16. The fraction of sp³-hybridized carbons (Fsp3) is 0.462. The van der Waals surface area contributed by atoms with Crippen molar-refractivity contribution in [3.8, 4) is 0 Å². The number of hydrogen-bond acceptors (Lipinski definition) is 3. The van der Waals surface area contributed by atoms with Crippen molar-refractivity contribution in [2.45, 2.75) is 19.4 Å². The highest BCUT2D eigenvalue weighted by Crippen LogP contribution is 2.24. The number of benzene rings is 1. The first-order valence-corrected chi connectivity index (χ1v) is 5.81. The number of aryl methyl sites for hydroxylation is 1. The minimum Gasteiger partial charge on any atom is -0.480 e. The van der Waals surface area contributed by atoms with Crippen LogP contribution in [0.4, 0.5) is 5.69 Å². The van der Waals surface area contributed by atoms with Gasteiger partial charge in [0, 0.05) is 18.8 Å². The molecule has 1 saturated heterocycles. The van der Waals surface area contributed by atoms with Gasteiger partial charge in [0.15, 0.2) is 0 Å². The lowest BCUT2D eigenvalue weighted by Gasteiger charge is -2.20. The van der Waals surface area contributed by atoms with E-state index >= 15 is 0 Å². The summed E-state index contributed by atoms with van der Waals surface area (Å²) in [6.07, 6.45) is 0.924. The van der Waals surface area contributed by atoms with Crippen LogP contribution in [-0.4, -0.2) is 36.9 Å². The number of ether oxygens (including phenoxy) is 1. The first-order valence-electron chi connectivity index (χ1n) is 5.81.